The van der Waals surface area contributed by atoms with Gasteiger partial charge in [-0.15, -0.1) is 6.58 Å². The minimum atomic E-state index is -3.44. The summed E-state index contributed by atoms with van der Waals surface area (Å²) in [4.78, 5) is 15.2. The van der Waals surface area contributed by atoms with Crippen LogP contribution in [0.1, 0.15) is 0 Å². The lowest BCUT2D eigenvalue weighted by atomic mass is 10.4. The Kier molecular flexibility index (Phi) is 4.65. The number of nitrogens with one attached hydrogen (secondary N) is 1. The van der Waals surface area contributed by atoms with Crippen molar-refractivity contribution in [1.29, 1.82) is 0 Å². The molecule has 0 aliphatic rings. The van der Waals surface area contributed by atoms with Crippen molar-refractivity contribution in [1.82, 2.24) is 4.98 Å². The number of rotatable bonds is 5. The average Bonchev–Trinajstić information content (AvgIpc) is 2.20. The predicted octanol–water partition coefficient (Wildman–Crippen LogP) is 1.27. The zero-order valence-electron chi connectivity index (χ0n) is 8.89. The Morgan fingerprint density at radius 1 is 1.53 bits per heavy atom. The second-order valence-electron chi connectivity index (χ2n) is 3.25. The van der Waals surface area contributed by atoms with E-state index in [-0.39, 0.29) is 11.6 Å². The first-order valence-electron chi connectivity index (χ1n) is 4.66. The van der Waals surface area contributed by atoms with E-state index in [0.717, 1.165) is 0 Å². The molecule has 0 fully saturated rings. The molecule has 1 heterocycles. The lowest BCUT2D eigenvalue weighted by Crippen LogP contribution is -2.24. The van der Waals surface area contributed by atoms with Gasteiger partial charge in [0.1, 0.15) is 11.6 Å². The van der Waals surface area contributed by atoms with Crippen LogP contribution >= 0.6 is 11.6 Å². The van der Waals surface area contributed by atoms with E-state index in [9.17, 15) is 13.2 Å². The highest BCUT2D eigenvalue weighted by atomic mass is 35.5. The fraction of sp³-hybridized carbons (Fsp3) is 0.200. The van der Waals surface area contributed by atoms with Gasteiger partial charge in [-0.1, -0.05) is 17.7 Å². The monoisotopic (exact) mass is 274 g/mol. The number of carbonyl (C=O) groups excluding carboxylic acids is 1. The molecule has 0 saturated heterocycles. The number of nitrogens with zero attached hydrogens (tertiary/aromatic N) is 1. The molecule has 92 valence electrons. The fourth-order valence-electron chi connectivity index (χ4n) is 1.07. The second kappa shape index (κ2) is 5.79. The zero-order valence-corrected chi connectivity index (χ0v) is 10.5. The third-order valence-electron chi connectivity index (χ3n) is 1.72. The molecule has 0 aliphatic carbocycles. The van der Waals surface area contributed by atoms with E-state index >= 15 is 0 Å². The first kappa shape index (κ1) is 13.7. The van der Waals surface area contributed by atoms with Gasteiger partial charge in [0.2, 0.25) is 5.91 Å². The number of carbonyl (C=O) groups is 1. The molecule has 1 aromatic rings. The normalized spacial score (nSPS) is 10.9. The standard InChI is InChI=1S/C10H11ClN2O3S/c1-2-5-17(15,16)7-10(14)13-9-4-3-8(11)6-12-9/h2-4,6H,1,5,7H2,(H,12,13,14). The Morgan fingerprint density at radius 3 is 2.76 bits per heavy atom. The zero-order chi connectivity index (χ0) is 12.9. The van der Waals surface area contributed by atoms with E-state index in [2.05, 4.69) is 16.9 Å². The molecule has 0 bridgehead atoms. The van der Waals surface area contributed by atoms with Gasteiger partial charge >= 0.3 is 0 Å². The number of aromatic nitrogens is 1. The van der Waals surface area contributed by atoms with Crippen molar-refractivity contribution in [3.8, 4) is 0 Å². The number of hydrogen-bond donors (Lipinski definition) is 1. The van der Waals surface area contributed by atoms with Crippen molar-refractivity contribution in [2.24, 2.45) is 0 Å². The van der Waals surface area contributed by atoms with E-state index in [4.69, 9.17) is 11.6 Å². The topological polar surface area (TPSA) is 76.1 Å². The van der Waals surface area contributed by atoms with Crippen LogP contribution in [0.5, 0.6) is 0 Å². The first-order valence-corrected chi connectivity index (χ1v) is 6.85. The van der Waals surface area contributed by atoms with Gasteiger partial charge < -0.3 is 5.32 Å². The van der Waals surface area contributed by atoms with Gasteiger partial charge in [-0.2, -0.15) is 0 Å². The van der Waals surface area contributed by atoms with Crippen LogP contribution in [0.2, 0.25) is 5.02 Å². The van der Waals surface area contributed by atoms with Crippen LogP contribution in [0, 0.1) is 0 Å². The highest BCUT2D eigenvalue weighted by Crippen LogP contribution is 2.09. The molecule has 0 atom stereocenters. The largest absolute Gasteiger partial charge is 0.310 e. The minimum absolute atomic E-state index is 0.228. The van der Waals surface area contributed by atoms with Crippen LogP contribution < -0.4 is 5.32 Å². The van der Waals surface area contributed by atoms with Crippen LogP contribution in [0.3, 0.4) is 0 Å². The number of hydrogen-bond acceptors (Lipinski definition) is 4. The molecule has 0 aliphatic heterocycles. The van der Waals surface area contributed by atoms with Gasteiger partial charge in [-0.05, 0) is 12.1 Å². The van der Waals surface area contributed by atoms with Gasteiger partial charge in [0.25, 0.3) is 0 Å². The molecule has 0 aromatic carbocycles. The molecule has 0 unspecified atom stereocenters. The summed E-state index contributed by atoms with van der Waals surface area (Å²) in [7, 11) is -3.44. The third kappa shape index (κ3) is 4.97. The van der Waals surface area contributed by atoms with Gasteiger partial charge in [0, 0.05) is 6.20 Å². The molecule has 17 heavy (non-hydrogen) atoms. The lowest BCUT2D eigenvalue weighted by molar-refractivity contribution is -0.113. The molecule has 1 N–H and O–H groups in total. The Morgan fingerprint density at radius 2 is 2.24 bits per heavy atom. The lowest BCUT2D eigenvalue weighted by Gasteiger charge is -2.04. The molecule has 5 nitrogen and oxygen atoms in total. The summed E-state index contributed by atoms with van der Waals surface area (Å²) in [5.41, 5.74) is 0. The summed E-state index contributed by atoms with van der Waals surface area (Å²) in [5.74, 6) is -1.20. The quantitative estimate of drug-likeness (QED) is 0.821. The number of anilines is 1. The minimum Gasteiger partial charge on any atom is -0.310 e. The molecule has 0 radical (unpaired) electrons. The Bertz CT molecular complexity index is 511. The van der Waals surface area contributed by atoms with Crippen molar-refractivity contribution in [2.75, 3.05) is 16.8 Å². The van der Waals surface area contributed by atoms with Gasteiger partial charge in [-0.25, -0.2) is 13.4 Å². The Hall–Kier alpha value is -1.40. The van der Waals surface area contributed by atoms with Crippen molar-refractivity contribution in [3.05, 3.63) is 36.0 Å². The van der Waals surface area contributed by atoms with Gasteiger partial charge in [0.05, 0.1) is 10.8 Å². The van der Waals surface area contributed by atoms with Crippen molar-refractivity contribution in [3.63, 3.8) is 0 Å². The van der Waals surface area contributed by atoms with Crippen molar-refractivity contribution in [2.45, 2.75) is 0 Å². The Labute approximate surface area is 104 Å². The maximum atomic E-state index is 11.4. The first-order chi connectivity index (χ1) is 7.93. The molecule has 1 amide bonds. The maximum absolute atomic E-state index is 11.4. The predicted molar refractivity (Wildman–Crippen MR) is 66.7 cm³/mol. The van der Waals surface area contributed by atoms with Crippen LogP contribution in [-0.2, 0) is 14.6 Å². The molecular formula is C10H11ClN2O3S. The van der Waals surface area contributed by atoms with E-state index < -0.39 is 21.5 Å². The number of halogens is 1. The molecule has 0 spiro atoms. The highest BCUT2D eigenvalue weighted by Gasteiger charge is 2.15. The molecule has 1 aromatic heterocycles. The smallest absolute Gasteiger partial charge is 0.240 e. The summed E-state index contributed by atoms with van der Waals surface area (Å²) in [6, 6.07) is 3.03. The fourth-order valence-corrected chi connectivity index (χ4v) is 2.13. The van der Waals surface area contributed by atoms with E-state index in [1.54, 1.807) is 6.07 Å². The Balaban J connectivity index is 2.61. The molecule has 1 rings (SSSR count). The SMILES string of the molecule is C=CCS(=O)(=O)CC(=O)Nc1ccc(Cl)cn1. The van der Waals surface area contributed by atoms with Crippen LogP contribution in [-0.4, -0.2) is 30.8 Å². The third-order valence-corrected chi connectivity index (χ3v) is 3.39. The van der Waals surface area contributed by atoms with E-state index in [0.29, 0.717) is 5.02 Å². The summed E-state index contributed by atoms with van der Waals surface area (Å²) >= 11 is 5.61. The van der Waals surface area contributed by atoms with Crippen LogP contribution in [0.25, 0.3) is 0 Å². The molecular weight excluding hydrogens is 264 g/mol. The highest BCUT2D eigenvalue weighted by molar-refractivity contribution is 7.92. The molecule has 0 saturated carbocycles. The summed E-state index contributed by atoms with van der Waals surface area (Å²) < 4.78 is 22.6. The summed E-state index contributed by atoms with van der Waals surface area (Å²) in [5, 5.41) is 2.79. The number of amides is 1. The number of sulfone groups is 1. The van der Waals surface area contributed by atoms with Crippen LogP contribution in [0.15, 0.2) is 31.0 Å². The summed E-state index contributed by atoms with van der Waals surface area (Å²) in [6.45, 7) is 3.31. The van der Waals surface area contributed by atoms with Crippen molar-refractivity contribution >= 4 is 33.2 Å². The van der Waals surface area contributed by atoms with Crippen molar-refractivity contribution < 1.29 is 13.2 Å². The second-order valence-corrected chi connectivity index (χ2v) is 5.80. The van der Waals surface area contributed by atoms with E-state index in [1.165, 1.54) is 18.3 Å². The van der Waals surface area contributed by atoms with Gasteiger partial charge in [-0.3, -0.25) is 4.79 Å². The number of pyridine rings is 1. The molecule has 7 heteroatoms. The maximum Gasteiger partial charge on any atom is 0.240 e. The van der Waals surface area contributed by atoms with E-state index in [1.807, 2.05) is 0 Å². The summed E-state index contributed by atoms with van der Waals surface area (Å²) in [6.07, 6.45) is 2.60. The average molecular weight is 275 g/mol. The van der Waals surface area contributed by atoms with Crippen LogP contribution in [0.4, 0.5) is 5.82 Å². The van der Waals surface area contributed by atoms with Gasteiger partial charge in [0.15, 0.2) is 9.84 Å².